The molecule has 1 aliphatic rings. The van der Waals surface area contributed by atoms with Crippen molar-refractivity contribution < 1.29 is 45.2 Å². The summed E-state index contributed by atoms with van der Waals surface area (Å²) in [5.74, 6) is -6.30. The molecule has 11 heteroatoms. The number of carbonyl (C=O) groups excluding carboxylic acids is 1. The molecule has 1 aliphatic carbocycles. The second-order valence-corrected chi connectivity index (χ2v) is 8.47. The summed E-state index contributed by atoms with van der Waals surface area (Å²) < 4.78 is 86.4. The average molecular weight is 428 g/mol. The maximum Gasteiger partial charge on any atom is 0.431 e. The lowest BCUT2D eigenvalue weighted by molar-refractivity contribution is -0.168. The summed E-state index contributed by atoms with van der Waals surface area (Å²) in [6.07, 6.45) is 0.468. The van der Waals surface area contributed by atoms with Gasteiger partial charge in [0.2, 0.25) is 0 Å². The third-order valence-electron chi connectivity index (χ3n) is 4.87. The highest BCUT2D eigenvalue weighted by molar-refractivity contribution is 7.87. The van der Waals surface area contributed by atoms with Crippen molar-refractivity contribution in [2.75, 3.05) is 6.61 Å². The molecule has 1 saturated carbocycles. The quantitative estimate of drug-likeness (QED) is 0.392. The van der Waals surface area contributed by atoms with Gasteiger partial charge in [0.05, 0.1) is 24.2 Å². The molecular weight excluding hydrogens is 408 g/mol. The number of carbonyl (C=O) groups is 1. The molecule has 6 nitrogen and oxygen atoms in total. The van der Waals surface area contributed by atoms with E-state index in [-0.39, 0.29) is 11.5 Å². The van der Waals surface area contributed by atoms with E-state index in [1.807, 2.05) is 0 Å². The van der Waals surface area contributed by atoms with E-state index >= 15 is 0 Å². The molecule has 0 aromatic heterocycles. The monoisotopic (exact) mass is 428 g/mol. The molecule has 1 aromatic rings. The van der Waals surface area contributed by atoms with E-state index in [0.717, 1.165) is 18.4 Å². The van der Waals surface area contributed by atoms with E-state index in [1.54, 1.807) is 19.1 Å². The Hall–Kier alpha value is -1.72. The van der Waals surface area contributed by atoms with Crippen molar-refractivity contribution in [3.8, 4) is 0 Å². The molecule has 2 unspecified atom stereocenters. The minimum Gasteiger partial charge on any atom is -0.462 e. The molecular formula is C17H20F4O6S. The van der Waals surface area contributed by atoms with Gasteiger partial charge in [0.1, 0.15) is 0 Å². The Balaban J connectivity index is 1.97. The van der Waals surface area contributed by atoms with Gasteiger partial charge in [-0.25, -0.2) is 4.79 Å². The molecule has 0 heterocycles. The van der Waals surface area contributed by atoms with Crippen LogP contribution in [-0.2, 0) is 14.9 Å². The van der Waals surface area contributed by atoms with E-state index < -0.39 is 45.9 Å². The predicted molar refractivity (Wildman–Crippen MR) is 90.0 cm³/mol. The number of benzene rings is 1. The minimum atomic E-state index is -6.33. The highest BCUT2D eigenvalue weighted by atomic mass is 32.2. The number of alkyl halides is 4. The number of aliphatic hydroxyl groups is 1. The fourth-order valence-electron chi connectivity index (χ4n) is 3.22. The molecule has 0 bridgehead atoms. The van der Waals surface area contributed by atoms with Crippen LogP contribution in [0.15, 0.2) is 24.3 Å². The van der Waals surface area contributed by atoms with E-state index in [2.05, 4.69) is 4.74 Å². The zero-order valence-corrected chi connectivity index (χ0v) is 15.7. The van der Waals surface area contributed by atoms with Crippen molar-refractivity contribution >= 4 is 16.1 Å². The summed E-state index contributed by atoms with van der Waals surface area (Å²) in [7, 11) is -6.33. The summed E-state index contributed by atoms with van der Waals surface area (Å²) in [5, 5.41) is 4.61. The van der Waals surface area contributed by atoms with Gasteiger partial charge in [-0.1, -0.05) is 12.1 Å². The van der Waals surface area contributed by atoms with Crippen LogP contribution >= 0.6 is 0 Å². The Bertz CT molecular complexity index is 821. The Kier molecular flexibility index (Phi) is 6.13. The van der Waals surface area contributed by atoms with Crippen LogP contribution in [0.2, 0.25) is 0 Å². The van der Waals surface area contributed by atoms with E-state index in [4.69, 9.17) is 4.55 Å². The standard InChI is InChI=1S/C17H20F4O6S/c1-15(23)8-2-3-13(15)11-4-6-12(7-5-11)14(22)27-10-9-16(18,19)17(20,21)28(24,25)26/h4-7,13,23H,2-3,8-10H2,1H3,(H,24,25,26). The molecule has 2 atom stereocenters. The maximum absolute atomic E-state index is 13.3. The van der Waals surface area contributed by atoms with E-state index in [1.165, 1.54) is 12.1 Å². The van der Waals surface area contributed by atoms with Gasteiger partial charge in [-0.3, -0.25) is 4.55 Å². The molecule has 2 N–H and O–H groups in total. The van der Waals surface area contributed by atoms with Gasteiger partial charge in [-0.15, -0.1) is 0 Å². The molecule has 158 valence electrons. The summed E-state index contributed by atoms with van der Waals surface area (Å²) >= 11 is 0. The van der Waals surface area contributed by atoms with Crippen LogP contribution in [0.5, 0.6) is 0 Å². The molecule has 0 amide bonds. The first kappa shape index (κ1) is 22.6. The lowest BCUT2D eigenvalue weighted by Gasteiger charge is -2.26. The van der Waals surface area contributed by atoms with Crippen LogP contribution in [0.3, 0.4) is 0 Å². The van der Waals surface area contributed by atoms with Crippen LogP contribution in [-0.4, -0.2) is 47.4 Å². The lowest BCUT2D eigenvalue weighted by atomic mass is 9.86. The maximum atomic E-state index is 13.3. The first-order valence-corrected chi connectivity index (χ1v) is 9.85. The molecule has 0 radical (unpaired) electrons. The largest absolute Gasteiger partial charge is 0.462 e. The smallest absolute Gasteiger partial charge is 0.431 e. The normalized spacial score (nSPS) is 23.6. The molecule has 0 spiro atoms. The van der Waals surface area contributed by atoms with Crippen LogP contribution in [0.25, 0.3) is 0 Å². The molecule has 2 rings (SSSR count). The van der Waals surface area contributed by atoms with Crippen LogP contribution in [0, 0.1) is 0 Å². The van der Waals surface area contributed by atoms with Crippen molar-refractivity contribution in [1.29, 1.82) is 0 Å². The zero-order valence-electron chi connectivity index (χ0n) is 14.9. The van der Waals surface area contributed by atoms with Crippen LogP contribution in [0.1, 0.15) is 54.4 Å². The second-order valence-electron chi connectivity index (χ2n) is 7.01. The Morgan fingerprint density at radius 1 is 1.25 bits per heavy atom. The number of halogens is 4. The van der Waals surface area contributed by atoms with Gasteiger partial charge in [-0.2, -0.15) is 26.0 Å². The molecule has 0 saturated heterocycles. The lowest BCUT2D eigenvalue weighted by Crippen LogP contribution is -2.47. The predicted octanol–water partition coefficient (Wildman–Crippen LogP) is 3.37. The van der Waals surface area contributed by atoms with Gasteiger partial charge in [0.15, 0.2) is 0 Å². The molecule has 1 aromatic carbocycles. The summed E-state index contributed by atoms with van der Waals surface area (Å²) in [4.78, 5) is 11.9. The third-order valence-corrected chi connectivity index (χ3v) is 5.82. The Morgan fingerprint density at radius 2 is 1.82 bits per heavy atom. The van der Waals surface area contributed by atoms with Crippen molar-refractivity contribution in [1.82, 2.24) is 0 Å². The van der Waals surface area contributed by atoms with Gasteiger partial charge in [-0.05, 0) is 43.9 Å². The van der Waals surface area contributed by atoms with Gasteiger partial charge in [0, 0.05) is 5.92 Å². The van der Waals surface area contributed by atoms with Crippen molar-refractivity contribution in [3.05, 3.63) is 35.4 Å². The number of esters is 1. The SMILES string of the molecule is CC1(O)CCCC1c1ccc(C(=O)OCCC(F)(F)C(F)(F)S(=O)(=O)O)cc1. The Labute approximate surface area is 159 Å². The molecule has 0 aliphatic heterocycles. The third kappa shape index (κ3) is 4.47. The van der Waals surface area contributed by atoms with Crippen molar-refractivity contribution in [2.24, 2.45) is 0 Å². The van der Waals surface area contributed by atoms with E-state index in [0.29, 0.717) is 6.42 Å². The highest BCUT2D eigenvalue weighted by Gasteiger charge is 2.65. The average Bonchev–Trinajstić information content (AvgIpc) is 2.92. The Morgan fingerprint density at radius 3 is 2.29 bits per heavy atom. The van der Waals surface area contributed by atoms with Gasteiger partial charge in [0.25, 0.3) is 0 Å². The number of ether oxygens (including phenoxy) is 1. The number of hydrogen-bond donors (Lipinski definition) is 2. The van der Waals surface area contributed by atoms with Gasteiger partial charge >= 0.3 is 27.3 Å². The van der Waals surface area contributed by atoms with Crippen LogP contribution < -0.4 is 0 Å². The fraction of sp³-hybridized carbons (Fsp3) is 0.588. The van der Waals surface area contributed by atoms with Crippen molar-refractivity contribution in [3.63, 3.8) is 0 Å². The first-order chi connectivity index (χ1) is 12.7. The van der Waals surface area contributed by atoms with Crippen molar-refractivity contribution in [2.45, 2.75) is 55.3 Å². The van der Waals surface area contributed by atoms with Gasteiger partial charge < -0.3 is 9.84 Å². The van der Waals surface area contributed by atoms with Crippen LogP contribution in [0.4, 0.5) is 17.6 Å². The highest BCUT2D eigenvalue weighted by Crippen LogP contribution is 2.42. The number of rotatable bonds is 7. The van der Waals surface area contributed by atoms with E-state index in [9.17, 15) is 35.9 Å². The topological polar surface area (TPSA) is 101 Å². The second kappa shape index (κ2) is 7.60. The number of hydrogen-bond acceptors (Lipinski definition) is 5. The summed E-state index contributed by atoms with van der Waals surface area (Å²) in [6, 6.07) is 5.89. The summed E-state index contributed by atoms with van der Waals surface area (Å²) in [6.45, 7) is 0.533. The molecule has 28 heavy (non-hydrogen) atoms. The fourth-order valence-corrected chi connectivity index (χ4v) is 3.70. The minimum absolute atomic E-state index is 0.0220. The molecule has 1 fully saturated rings. The summed E-state index contributed by atoms with van der Waals surface area (Å²) in [5.41, 5.74) is -0.101. The zero-order chi connectivity index (χ0) is 21.4. The first-order valence-electron chi connectivity index (χ1n) is 8.41.